The first kappa shape index (κ1) is 19.5. The number of rotatable bonds is 3. The van der Waals surface area contributed by atoms with Gasteiger partial charge in [-0.15, -0.1) is 0 Å². The number of benzene rings is 2. The van der Waals surface area contributed by atoms with E-state index in [1.807, 2.05) is 36.9 Å². The van der Waals surface area contributed by atoms with Gasteiger partial charge >= 0.3 is 0 Å². The number of hydrogen-bond acceptors (Lipinski definition) is 3. The van der Waals surface area contributed by atoms with Gasteiger partial charge in [0.05, 0.1) is 6.04 Å². The molecule has 2 N–H and O–H groups in total. The molecule has 2 aliphatic heterocycles. The Bertz CT molecular complexity index is 955. The molecule has 1 amide bonds. The first-order valence-corrected chi connectivity index (χ1v) is 10.5. The van der Waals surface area contributed by atoms with E-state index in [9.17, 15) is 4.79 Å². The summed E-state index contributed by atoms with van der Waals surface area (Å²) >= 11 is 15.0. The summed E-state index contributed by atoms with van der Waals surface area (Å²) in [6, 6.07) is 12.6. The highest BCUT2D eigenvalue weighted by molar-refractivity contribution is 9.10. The number of fused-ring (bicyclic) bond motifs is 4. The third-order valence-electron chi connectivity index (χ3n) is 5.30. The van der Waals surface area contributed by atoms with E-state index in [2.05, 4.69) is 26.6 Å². The second kappa shape index (κ2) is 7.21. The van der Waals surface area contributed by atoms with E-state index in [-0.39, 0.29) is 11.9 Å². The number of carbonyl (C=O) groups excluding carboxylic acids is 1. The maximum absolute atomic E-state index is 13.4. The average Bonchev–Trinajstić information content (AvgIpc) is 2.64. The minimum absolute atomic E-state index is 0.145. The van der Waals surface area contributed by atoms with Crippen molar-refractivity contribution >= 4 is 56.5 Å². The maximum Gasteiger partial charge on any atom is 0.236 e. The molecule has 2 aromatic carbocycles. The molecule has 1 fully saturated rings. The number of halogens is 2. The van der Waals surface area contributed by atoms with Crippen LogP contribution in [0.3, 0.4) is 0 Å². The Morgan fingerprint density at radius 3 is 2.75 bits per heavy atom. The third kappa shape index (κ3) is 3.15. The minimum Gasteiger partial charge on any atom is -0.467 e. The van der Waals surface area contributed by atoms with Crippen LogP contribution in [-0.4, -0.2) is 28.2 Å². The molecule has 0 spiro atoms. The summed E-state index contributed by atoms with van der Waals surface area (Å²) in [5, 5.41) is 7.55. The fraction of sp³-hybridized carbons (Fsp3) is 0.300. The van der Waals surface area contributed by atoms with Gasteiger partial charge < -0.3 is 20.3 Å². The van der Waals surface area contributed by atoms with Crippen molar-refractivity contribution in [2.45, 2.75) is 25.6 Å². The van der Waals surface area contributed by atoms with Crippen molar-refractivity contribution in [1.82, 2.24) is 10.2 Å². The minimum atomic E-state index is -0.904. The van der Waals surface area contributed by atoms with Gasteiger partial charge in [-0.3, -0.25) is 4.79 Å². The molecule has 0 saturated carbocycles. The lowest BCUT2D eigenvalue weighted by Gasteiger charge is -2.56. The monoisotopic (exact) mass is 479 g/mol. The standard InChI is InChI=1S/C20H19BrClN3O2S/c1-3-25-19(28)24-17-14-10-11(21)4-9-15(14)27-20(25,2)16(17)18(26)23-13-7-5-12(22)6-8-13/h4-10,16-17H,3H2,1-2H3,(H,23,26)(H,24,28)/t16-,17-,20-/m0/s1. The zero-order chi connectivity index (χ0) is 20.1. The Hall–Kier alpha value is -1.83. The molecule has 0 unspecified atom stereocenters. The van der Waals surface area contributed by atoms with E-state index in [1.54, 1.807) is 24.3 Å². The Balaban J connectivity index is 1.77. The molecule has 4 rings (SSSR count). The largest absolute Gasteiger partial charge is 0.467 e. The smallest absolute Gasteiger partial charge is 0.236 e. The van der Waals surface area contributed by atoms with Crippen LogP contribution in [0.2, 0.25) is 5.02 Å². The summed E-state index contributed by atoms with van der Waals surface area (Å²) in [7, 11) is 0. The molecule has 0 radical (unpaired) electrons. The predicted molar refractivity (Wildman–Crippen MR) is 118 cm³/mol. The molecule has 0 aliphatic carbocycles. The van der Waals surface area contributed by atoms with Gasteiger partial charge in [0.1, 0.15) is 11.7 Å². The maximum atomic E-state index is 13.4. The lowest BCUT2D eigenvalue weighted by Crippen LogP contribution is -2.71. The van der Waals surface area contributed by atoms with Crippen molar-refractivity contribution in [1.29, 1.82) is 0 Å². The molecule has 2 aliphatic rings. The zero-order valence-corrected chi connectivity index (χ0v) is 18.5. The lowest BCUT2D eigenvalue weighted by atomic mass is 9.79. The van der Waals surface area contributed by atoms with Gasteiger partial charge in [-0.1, -0.05) is 27.5 Å². The number of thiocarbonyl (C=S) groups is 1. The topological polar surface area (TPSA) is 53.6 Å². The second-order valence-electron chi connectivity index (χ2n) is 6.98. The highest BCUT2D eigenvalue weighted by Crippen LogP contribution is 2.49. The molecule has 1 saturated heterocycles. The third-order valence-corrected chi connectivity index (χ3v) is 6.39. The molecule has 8 heteroatoms. The van der Waals surface area contributed by atoms with Gasteiger partial charge in [-0.05, 0) is 68.5 Å². The quantitative estimate of drug-likeness (QED) is 0.623. The molecule has 0 aromatic heterocycles. The number of anilines is 1. The predicted octanol–water partition coefficient (Wildman–Crippen LogP) is 4.72. The van der Waals surface area contributed by atoms with Crippen molar-refractivity contribution < 1.29 is 9.53 Å². The van der Waals surface area contributed by atoms with Gasteiger partial charge in [0.2, 0.25) is 5.91 Å². The Kier molecular flexibility index (Phi) is 5.02. The van der Waals surface area contributed by atoms with Crippen LogP contribution in [0.4, 0.5) is 5.69 Å². The average molecular weight is 481 g/mol. The Morgan fingerprint density at radius 2 is 2.07 bits per heavy atom. The number of hydrogen-bond donors (Lipinski definition) is 2. The van der Waals surface area contributed by atoms with Crippen molar-refractivity contribution in [3.63, 3.8) is 0 Å². The van der Waals surface area contributed by atoms with Crippen LogP contribution < -0.4 is 15.4 Å². The van der Waals surface area contributed by atoms with Crippen molar-refractivity contribution in [3.05, 3.63) is 57.5 Å². The van der Waals surface area contributed by atoms with Crippen molar-refractivity contribution in [2.24, 2.45) is 5.92 Å². The Labute approximate surface area is 182 Å². The fourth-order valence-electron chi connectivity index (χ4n) is 4.03. The molecule has 28 heavy (non-hydrogen) atoms. The lowest BCUT2D eigenvalue weighted by molar-refractivity contribution is -0.148. The van der Waals surface area contributed by atoms with E-state index in [0.29, 0.717) is 22.4 Å². The number of nitrogens with zero attached hydrogens (tertiary/aromatic N) is 1. The summed E-state index contributed by atoms with van der Waals surface area (Å²) in [5.74, 6) is 0.0882. The van der Waals surface area contributed by atoms with Crippen LogP contribution in [0.5, 0.6) is 5.75 Å². The van der Waals surface area contributed by atoms with E-state index >= 15 is 0 Å². The van der Waals surface area contributed by atoms with Gasteiger partial charge in [-0.25, -0.2) is 0 Å². The molecule has 2 heterocycles. The molecular formula is C20H19BrClN3O2S. The van der Waals surface area contributed by atoms with Crippen LogP contribution in [0.1, 0.15) is 25.5 Å². The van der Waals surface area contributed by atoms with Gasteiger partial charge in [0.15, 0.2) is 10.8 Å². The van der Waals surface area contributed by atoms with Gasteiger partial charge in [0, 0.05) is 27.3 Å². The van der Waals surface area contributed by atoms with E-state index in [0.717, 1.165) is 15.8 Å². The molecule has 3 atom stereocenters. The van der Waals surface area contributed by atoms with Crippen LogP contribution in [0.25, 0.3) is 0 Å². The van der Waals surface area contributed by atoms with E-state index in [4.69, 9.17) is 28.6 Å². The van der Waals surface area contributed by atoms with Gasteiger partial charge in [0.25, 0.3) is 0 Å². The summed E-state index contributed by atoms with van der Waals surface area (Å²) in [4.78, 5) is 15.3. The summed E-state index contributed by atoms with van der Waals surface area (Å²) in [6.45, 7) is 4.54. The second-order valence-corrected chi connectivity index (χ2v) is 8.72. The highest BCUT2D eigenvalue weighted by Gasteiger charge is 2.58. The van der Waals surface area contributed by atoms with Crippen LogP contribution in [0, 0.1) is 5.92 Å². The summed E-state index contributed by atoms with van der Waals surface area (Å²) in [5.41, 5.74) is 0.682. The first-order chi connectivity index (χ1) is 13.3. The highest BCUT2D eigenvalue weighted by atomic mass is 79.9. The molecule has 2 aromatic rings. The number of carbonyl (C=O) groups is 1. The van der Waals surface area contributed by atoms with Crippen LogP contribution in [0.15, 0.2) is 46.9 Å². The van der Waals surface area contributed by atoms with E-state index in [1.165, 1.54) is 0 Å². The molecule has 146 valence electrons. The molecule has 2 bridgehead atoms. The Morgan fingerprint density at radius 1 is 1.36 bits per heavy atom. The fourth-order valence-corrected chi connectivity index (χ4v) is 4.97. The normalized spacial score (nSPS) is 25.4. The first-order valence-electron chi connectivity index (χ1n) is 8.96. The van der Waals surface area contributed by atoms with Crippen molar-refractivity contribution in [2.75, 3.05) is 11.9 Å². The van der Waals surface area contributed by atoms with E-state index < -0.39 is 11.6 Å². The molecular weight excluding hydrogens is 462 g/mol. The molecule has 5 nitrogen and oxygen atoms in total. The number of ether oxygens (including phenoxy) is 1. The number of nitrogens with one attached hydrogen (secondary N) is 2. The van der Waals surface area contributed by atoms with Gasteiger partial charge in [-0.2, -0.15) is 0 Å². The van der Waals surface area contributed by atoms with Crippen LogP contribution >= 0.6 is 39.7 Å². The van der Waals surface area contributed by atoms with Crippen molar-refractivity contribution in [3.8, 4) is 5.75 Å². The SMILES string of the molecule is CCN1C(=S)N[C@H]2c3cc(Br)ccc3O[C@@]1(C)[C@@H]2C(=O)Nc1ccc(Cl)cc1. The number of amides is 1. The summed E-state index contributed by atoms with van der Waals surface area (Å²) < 4.78 is 7.32. The zero-order valence-electron chi connectivity index (χ0n) is 15.3. The summed E-state index contributed by atoms with van der Waals surface area (Å²) in [6.07, 6.45) is 0. The van der Waals surface area contributed by atoms with Crippen LogP contribution in [-0.2, 0) is 4.79 Å².